The third-order valence-corrected chi connectivity index (χ3v) is 3.54. The summed E-state index contributed by atoms with van der Waals surface area (Å²) in [5.74, 6) is -0.294. The molecule has 3 aromatic rings. The van der Waals surface area contributed by atoms with Crippen molar-refractivity contribution in [3.63, 3.8) is 0 Å². The van der Waals surface area contributed by atoms with Crippen LogP contribution in [0.3, 0.4) is 0 Å². The van der Waals surface area contributed by atoms with Crippen LogP contribution in [0.25, 0.3) is 22.0 Å². The second-order valence-corrected chi connectivity index (χ2v) is 5.73. The number of hydrogen-bond donors (Lipinski definition) is 1. The second kappa shape index (κ2) is 6.39. The van der Waals surface area contributed by atoms with Crippen LogP contribution >= 0.6 is 0 Å². The quantitative estimate of drug-likeness (QED) is 0.770. The van der Waals surface area contributed by atoms with E-state index in [1.807, 2.05) is 13.8 Å². The summed E-state index contributed by atoms with van der Waals surface area (Å²) in [6, 6.07) is 7.13. The number of fused-ring (bicyclic) bond motifs is 1. The Balaban J connectivity index is 2.15. The van der Waals surface area contributed by atoms with Gasteiger partial charge in [0.25, 0.3) is 0 Å². The van der Waals surface area contributed by atoms with Gasteiger partial charge < -0.3 is 10.1 Å². The van der Waals surface area contributed by atoms with Crippen molar-refractivity contribution >= 4 is 16.9 Å². The molecule has 4 nitrogen and oxygen atoms in total. The number of nitrogens with zero attached hydrogens (tertiary/aromatic N) is 2. The smallest absolute Gasteiger partial charge is 0.223 e. The maximum absolute atomic E-state index is 14.1. The maximum atomic E-state index is 14.1. The van der Waals surface area contributed by atoms with Crippen molar-refractivity contribution in [2.45, 2.75) is 19.9 Å². The molecule has 0 atom stereocenters. The number of ether oxygens (including phenoxy) is 1. The second-order valence-electron chi connectivity index (χ2n) is 5.73. The van der Waals surface area contributed by atoms with Crippen LogP contribution in [-0.2, 0) is 0 Å². The molecule has 1 heterocycles. The largest absolute Gasteiger partial charge is 0.496 e. The van der Waals surface area contributed by atoms with Gasteiger partial charge in [0.2, 0.25) is 5.95 Å². The number of aromatic nitrogens is 2. The third kappa shape index (κ3) is 3.13. The summed E-state index contributed by atoms with van der Waals surface area (Å²) in [4.78, 5) is 8.70. The van der Waals surface area contributed by atoms with Gasteiger partial charge in [0, 0.05) is 40.9 Å². The lowest BCUT2D eigenvalue weighted by molar-refractivity contribution is 0.416. The molecule has 2 aromatic carbocycles. The van der Waals surface area contributed by atoms with Crippen molar-refractivity contribution < 1.29 is 13.5 Å². The number of halogens is 2. The molecule has 0 aliphatic heterocycles. The number of methoxy groups -OCH3 is 1. The Kier molecular flexibility index (Phi) is 4.29. The van der Waals surface area contributed by atoms with E-state index in [1.54, 1.807) is 18.3 Å². The van der Waals surface area contributed by atoms with Gasteiger partial charge in [0.05, 0.1) is 12.6 Å². The lowest BCUT2D eigenvalue weighted by Gasteiger charge is -2.13. The average Bonchev–Trinajstić information content (AvgIpc) is 2.53. The molecule has 0 bridgehead atoms. The molecule has 0 spiro atoms. The van der Waals surface area contributed by atoms with Gasteiger partial charge >= 0.3 is 0 Å². The fourth-order valence-corrected chi connectivity index (χ4v) is 2.47. The van der Waals surface area contributed by atoms with E-state index in [9.17, 15) is 8.78 Å². The molecule has 0 fully saturated rings. The van der Waals surface area contributed by atoms with E-state index in [0.717, 1.165) is 11.5 Å². The average molecular weight is 329 g/mol. The predicted octanol–water partition coefficient (Wildman–Crippen LogP) is 4.40. The predicted molar refractivity (Wildman–Crippen MR) is 90.2 cm³/mol. The van der Waals surface area contributed by atoms with E-state index < -0.39 is 11.6 Å². The minimum Gasteiger partial charge on any atom is -0.496 e. The standard InChI is InChI=1S/C18H17F2N3O/c1-10(2)22-18-21-9-11-6-14(17(24-3)8-16(11)23-18)13-5-4-12(19)7-15(13)20/h4-10H,1-3H3,(H,21,22,23). The molecular formula is C18H17F2N3O. The molecule has 0 aliphatic carbocycles. The first kappa shape index (κ1) is 16.1. The zero-order valence-corrected chi connectivity index (χ0v) is 13.6. The number of benzene rings is 2. The minimum atomic E-state index is -0.647. The summed E-state index contributed by atoms with van der Waals surface area (Å²) in [7, 11) is 1.50. The van der Waals surface area contributed by atoms with Crippen molar-refractivity contribution in [2.24, 2.45) is 0 Å². The summed E-state index contributed by atoms with van der Waals surface area (Å²) >= 11 is 0. The van der Waals surface area contributed by atoms with Crippen LogP contribution in [0.1, 0.15) is 13.8 Å². The van der Waals surface area contributed by atoms with Gasteiger partial charge in [-0.05, 0) is 32.0 Å². The normalized spacial score (nSPS) is 11.1. The van der Waals surface area contributed by atoms with Gasteiger partial charge in [0.1, 0.15) is 17.4 Å². The highest BCUT2D eigenvalue weighted by atomic mass is 19.1. The van der Waals surface area contributed by atoms with Crippen LogP contribution in [0.4, 0.5) is 14.7 Å². The molecule has 0 aliphatic rings. The van der Waals surface area contributed by atoms with Crippen LogP contribution in [0, 0.1) is 11.6 Å². The molecule has 6 heteroatoms. The summed E-state index contributed by atoms with van der Waals surface area (Å²) < 4.78 is 32.6. The summed E-state index contributed by atoms with van der Waals surface area (Å²) in [6.45, 7) is 3.99. The SMILES string of the molecule is COc1cc2nc(NC(C)C)ncc2cc1-c1ccc(F)cc1F. The van der Waals surface area contributed by atoms with Crippen molar-refractivity contribution in [3.05, 3.63) is 48.2 Å². The Labute approximate surface area is 138 Å². The van der Waals surface area contributed by atoms with Crippen LogP contribution < -0.4 is 10.1 Å². The molecule has 0 amide bonds. The van der Waals surface area contributed by atoms with Gasteiger partial charge in [0.15, 0.2) is 0 Å². The van der Waals surface area contributed by atoms with Crippen molar-refractivity contribution in [1.29, 1.82) is 0 Å². The molecule has 124 valence electrons. The first-order valence-electron chi connectivity index (χ1n) is 7.54. The lowest BCUT2D eigenvalue weighted by atomic mass is 10.0. The number of nitrogens with one attached hydrogen (secondary N) is 1. The van der Waals surface area contributed by atoms with Crippen molar-refractivity contribution in [3.8, 4) is 16.9 Å². The van der Waals surface area contributed by atoms with Gasteiger partial charge in [-0.2, -0.15) is 0 Å². The molecule has 0 saturated carbocycles. The van der Waals surface area contributed by atoms with E-state index in [4.69, 9.17) is 4.74 Å². The van der Waals surface area contributed by atoms with Crippen LogP contribution in [0.2, 0.25) is 0 Å². The van der Waals surface area contributed by atoms with Gasteiger partial charge in [-0.15, -0.1) is 0 Å². The monoisotopic (exact) mass is 329 g/mol. The first-order valence-corrected chi connectivity index (χ1v) is 7.54. The molecule has 1 N–H and O–H groups in total. The number of hydrogen-bond acceptors (Lipinski definition) is 4. The van der Waals surface area contributed by atoms with Crippen LogP contribution in [0.15, 0.2) is 36.5 Å². The summed E-state index contributed by atoms with van der Waals surface area (Å²) in [5.41, 5.74) is 1.46. The summed E-state index contributed by atoms with van der Waals surface area (Å²) in [5, 5.41) is 3.87. The fourth-order valence-electron chi connectivity index (χ4n) is 2.47. The first-order chi connectivity index (χ1) is 11.5. The highest BCUT2D eigenvalue weighted by molar-refractivity contribution is 5.88. The van der Waals surface area contributed by atoms with E-state index in [0.29, 0.717) is 22.8 Å². The van der Waals surface area contributed by atoms with E-state index in [1.165, 1.54) is 19.2 Å². The molecule has 0 radical (unpaired) electrons. The molecule has 3 rings (SSSR count). The minimum absolute atomic E-state index is 0.205. The highest BCUT2D eigenvalue weighted by Crippen LogP contribution is 2.35. The maximum Gasteiger partial charge on any atom is 0.223 e. The number of rotatable bonds is 4. The van der Waals surface area contributed by atoms with Crippen LogP contribution in [0.5, 0.6) is 5.75 Å². The van der Waals surface area contributed by atoms with Crippen molar-refractivity contribution in [1.82, 2.24) is 9.97 Å². The van der Waals surface area contributed by atoms with Crippen LogP contribution in [-0.4, -0.2) is 23.1 Å². The Hall–Kier alpha value is -2.76. The Morgan fingerprint density at radius 2 is 1.88 bits per heavy atom. The molecule has 24 heavy (non-hydrogen) atoms. The van der Waals surface area contributed by atoms with E-state index in [2.05, 4.69) is 15.3 Å². The summed E-state index contributed by atoms with van der Waals surface area (Å²) in [6.07, 6.45) is 1.66. The molecule has 0 unspecified atom stereocenters. The number of anilines is 1. The topological polar surface area (TPSA) is 47.0 Å². The molecule has 0 saturated heterocycles. The third-order valence-electron chi connectivity index (χ3n) is 3.54. The molecular weight excluding hydrogens is 312 g/mol. The van der Waals surface area contributed by atoms with E-state index >= 15 is 0 Å². The fraction of sp³-hybridized carbons (Fsp3) is 0.222. The van der Waals surface area contributed by atoms with Gasteiger partial charge in [-0.1, -0.05) is 0 Å². The highest BCUT2D eigenvalue weighted by Gasteiger charge is 2.14. The van der Waals surface area contributed by atoms with Gasteiger partial charge in [-0.25, -0.2) is 18.7 Å². The van der Waals surface area contributed by atoms with E-state index in [-0.39, 0.29) is 11.6 Å². The van der Waals surface area contributed by atoms with Gasteiger partial charge in [-0.3, -0.25) is 0 Å². The van der Waals surface area contributed by atoms with Crippen molar-refractivity contribution in [2.75, 3.05) is 12.4 Å². The Bertz CT molecular complexity index is 897. The zero-order chi connectivity index (χ0) is 17.3. The lowest BCUT2D eigenvalue weighted by Crippen LogP contribution is -2.12. The Morgan fingerprint density at radius 1 is 1.08 bits per heavy atom. The molecule has 1 aromatic heterocycles. The Morgan fingerprint density at radius 3 is 2.54 bits per heavy atom. The zero-order valence-electron chi connectivity index (χ0n) is 13.6.